The largest absolute Gasteiger partial charge is 0.318 e. The number of fused-ring (bicyclic) bond motifs is 1. The fraction of sp³-hybridized carbons (Fsp3) is 0.0667. The number of thiazole rings is 1. The van der Waals surface area contributed by atoms with Crippen LogP contribution in [0.4, 0.5) is 11.4 Å². The van der Waals surface area contributed by atoms with Gasteiger partial charge in [-0.25, -0.2) is 5.43 Å². The van der Waals surface area contributed by atoms with Crippen LogP contribution in [0.5, 0.6) is 0 Å². The van der Waals surface area contributed by atoms with Gasteiger partial charge in [0.05, 0.1) is 26.1 Å². The van der Waals surface area contributed by atoms with E-state index in [1.807, 2.05) is 24.3 Å². The van der Waals surface area contributed by atoms with Crippen LogP contribution in [0.15, 0.2) is 47.6 Å². The monoisotopic (exact) mass is 373 g/mol. The molecule has 11 heteroatoms. The Kier molecular flexibility index (Phi) is 4.45. The number of aryl methyl sites for hydroxylation is 1. The molecule has 132 valence electrons. The fourth-order valence-electron chi connectivity index (χ4n) is 2.32. The summed E-state index contributed by atoms with van der Waals surface area (Å²) < 4.78 is 2.73. The molecule has 0 bridgehead atoms. The summed E-state index contributed by atoms with van der Waals surface area (Å²) in [5.74, 6) is -0.830. The number of nitro groups is 2. The number of benzene rings is 2. The molecule has 0 saturated heterocycles. The van der Waals surface area contributed by atoms with Crippen LogP contribution in [0.2, 0.25) is 0 Å². The standard InChI is InChI=1S/C15H11N5O5S/c1-18-11-4-2-3-5-13(11)26-15(18)17-16-14(21)10-7-6-9(19(22)23)8-12(10)20(24)25/h2-8H,1H3,(H,16,21)/b17-15-. The summed E-state index contributed by atoms with van der Waals surface area (Å²) in [5, 5.41) is 25.9. The van der Waals surface area contributed by atoms with Crippen LogP contribution >= 0.6 is 11.3 Å². The van der Waals surface area contributed by atoms with Crippen molar-refractivity contribution in [2.75, 3.05) is 0 Å². The van der Waals surface area contributed by atoms with Gasteiger partial charge >= 0.3 is 0 Å². The van der Waals surface area contributed by atoms with E-state index in [0.717, 1.165) is 28.4 Å². The third-order valence-electron chi connectivity index (χ3n) is 3.60. The molecule has 1 amide bonds. The minimum absolute atomic E-state index is 0.312. The summed E-state index contributed by atoms with van der Waals surface area (Å²) in [7, 11) is 1.78. The number of carbonyl (C=O) groups excluding carboxylic acids is 1. The zero-order chi connectivity index (χ0) is 18.8. The summed E-state index contributed by atoms with van der Waals surface area (Å²) >= 11 is 1.34. The van der Waals surface area contributed by atoms with Crippen LogP contribution in [-0.2, 0) is 7.05 Å². The molecular formula is C15H11N5O5S. The normalized spacial score (nSPS) is 11.5. The van der Waals surface area contributed by atoms with Crippen LogP contribution in [0.25, 0.3) is 10.2 Å². The van der Waals surface area contributed by atoms with Crippen molar-refractivity contribution in [3.8, 4) is 0 Å². The maximum atomic E-state index is 12.3. The van der Waals surface area contributed by atoms with E-state index in [4.69, 9.17) is 0 Å². The van der Waals surface area contributed by atoms with E-state index in [1.165, 1.54) is 11.3 Å². The SMILES string of the molecule is Cn1/c(=N/NC(=O)c2ccc([N+](=O)[O-])cc2[N+](=O)[O-])sc2ccccc21. The zero-order valence-electron chi connectivity index (χ0n) is 13.3. The molecule has 0 spiro atoms. The Morgan fingerprint density at radius 2 is 1.88 bits per heavy atom. The topological polar surface area (TPSA) is 133 Å². The Bertz CT molecular complexity index is 1120. The molecule has 1 aromatic heterocycles. The molecule has 0 unspecified atom stereocenters. The van der Waals surface area contributed by atoms with Crippen molar-refractivity contribution >= 4 is 38.8 Å². The summed E-state index contributed by atoms with van der Waals surface area (Å²) in [6, 6.07) is 10.4. The zero-order valence-corrected chi connectivity index (χ0v) is 14.1. The summed E-state index contributed by atoms with van der Waals surface area (Å²) in [6.45, 7) is 0. The molecule has 0 radical (unpaired) electrons. The van der Waals surface area contributed by atoms with Crippen molar-refractivity contribution in [1.82, 2.24) is 9.99 Å². The molecule has 10 nitrogen and oxygen atoms in total. The van der Waals surface area contributed by atoms with Gasteiger partial charge < -0.3 is 4.57 Å². The third kappa shape index (κ3) is 3.15. The molecular weight excluding hydrogens is 362 g/mol. The van der Waals surface area contributed by atoms with Crippen LogP contribution in [0.3, 0.4) is 0 Å². The second-order valence-corrected chi connectivity index (χ2v) is 6.19. The number of rotatable bonds is 4. The lowest BCUT2D eigenvalue weighted by Crippen LogP contribution is -2.24. The lowest BCUT2D eigenvalue weighted by atomic mass is 10.1. The lowest BCUT2D eigenvalue weighted by molar-refractivity contribution is -0.394. The van der Waals surface area contributed by atoms with E-state index in [-0.39, 0.29) is 5.56 Å². The molecule has 0 aliphatic rings. The quantitative estimate of drug-likeness (QED) is 0.553. The number of hydrogen-bond acceptors (Lipinski definition) is 7. The highest BCUT2D eigenvalue weighted by molar-refractivity contribution is 7.16. The predicted octanol–water partition coefficient (Wildman–Crippen LogP) is 2.30. The van der Waals surface area contributed by atoms with Gasteiger partial charge in [0.2, 0.25) is 4.80 Å². The van der Waals surface area contributed by atoms with Crippen molar-refractivity contribution in [2.24, 2.45) is 12.1 Å². The Hall–Kier alpha value is -3.60. The van der Waals surface area contributed by atoms with Crippen molar-refractivity contribution < 1.29 is 14.6 Å². The first-order chi connectivity index (χ1) is 12.4. The summed E-state index contributed by atoms with van der Waals surface area (Å²) in [4.78, 5) is 33.0. The van der Waals surface area contributed by atoms with Gasteiger partial charge in [-0.2, -0.15) is 0 Å². The Balaban J connectivity index is 1.96. The van der Waals surface area contributed by atoms with Gasteiger partial charge in [0.1, 0.15) is 5.56 Å². The molecule has 0 atom stereocenters. The minimum Gasteiger partial charge on any atom is -0.318 e. The van der Waals surface area contributed by atoms with E-state index in [2.05, 4.69) is 10.5 Å². The molecule has 0 aliphatic heterocycles. The van der Waals surface area contributed by atoms with E-state index in [0.29, 0.717) is 4.80 Å². The second kappa shape index (κ2) is 6.72. The van der Waals surface area contributed by atoms with Crippen molar-refractivity contribution in [1.29, 1.82) is 0 Å². The third-order valence-corrected chi connectivity index (χ3v) is 4.71. The van der Waals surface area contributed by atoms with Gasteiger partial charge in [0.25, 0.3) is 17.3 Å². The highest BCUT2D eigenvalue weighted by Gasteiger charge is 2.24. The molecule has 0 saturated carbocycles. The van der Waals surface area contributed by atoms with Crippen LogP contribution in [-0.4, -0.2) is 20.3 Å². The number of nitrogens with zero attached hydrogens (tertiary/aromatic N) is 4. The average molecular weight is 373 g/mol. The van der Waals surface area contributed by atoms with E-state index >= 15 is 0 Å². The first-order valence-electron chi connectivity index (χ1n) is 7.20. The maximum Gasteiger partial charge on any atom is 0.289 e. The van der Waals surface area contributed by atoms with Gasteiger partial charge in [0.15, 0.2) is 0 Å². The van der Waals surface area contributed by atoms with Crippen molar-refractivity contribution in [3.63, 3.8) is 0 Å². The molecule has 1 N–H and O–H groups in total. The van der Waals surface area contributed by atoms with Gasteiger partial charge in [0, 0.05) is 13.1 Å². The van der Waals surface area contributed by atoms with Crippen molar-refractivity contribution in [2.45, 2.75) is 0 Å². The molecule has 26 heavy (non-hydrogen) atoms. The lowest BCUT2D eigenvalue weighted by Gasteiger charge is -2.01. The first-order valence-corrected chi connectivity index (χ1v) is 8.01. The van der Waals surface area contributed by atoms with Gasteiger partial charge in [-0.1, -0.05) is 23.5 Å². The van der Waals surface area contributed by atoms with Crippen LogP contribution in [0, 0.1) is 20.2 Å². The van der Waals surface area contributed by atoms with Gasteiger partial charge in [-0.3, -0.25) is 25.0 Å². The Labute approximate surface area is 149 Å². The molecule has 0 fully saturated rings. The maximum absolute atomic E-state index is 12.3. The van der Waals surface area contributed by atoms with E-state index < -0.39 is 27.1 Å². The van der Waals surface area contributed by atoms with E-state index in [1.54, 1.807) is 11.6 Å². The van der Waals surface area contributed by atoms with Gasteiger partial charge in [-0.05, 0) is 18.2 Å². The molecule has 2 aromatic carbocycles. The molecule has 3 rings (SSSR count). The average Bonchev–Trinajstić information content (AvgIpc) is 2.95. The number of aromatic nitrogens is 1. The second-order valence-electron chi connectivity index (χ2n) is 5.18. The predicted molar refractivity (Wildman–Crippen MR) is 93.6 cm³/mol. The van der Waals surface area contributed by atoms with Crippen LogP contribution in [0.1, 0.15) is 10.4 Å². The Morgan fingerprint density at radius 3 is 2.54 bits per heavy atom. The molecule has 0 aliphatic carbocycles. The number of para-hydroxylation sites is 1. The summed E-state index contributed by atoms with van der Waals surface area (Å²) in [5.41, 5.74) is 1.74. The minimum atomic E-state index is -0.846. The highest BCUT2D eigenvalue weighted by Crippen LogP contribution is 2.24. The molecule has 3 aromatic rings. The number of carbonyl (C=O) groups is 1. The first kappa shape index (κ1) is 17.2. The number of nitrogens with one attached hydrogen (secondary N) is 1. The van der Waals surface area contributed by atoms with E-state index in [9.17, 15) is 25.0 Å². The van der Waals surface area contributed by atoms with Crippen molar-refractivity contribution in [3.05, 3.63) is 73.1 Å². The number of amides is 1. The summed E-state index contributed by atoms with van der Waals surface area (Å²) in [6.07, 6.45) is 0. The number of non-ortho nitro benzene ring substituents is 1. The fourth-order valence-corrected chi connectivity index (χ4v) is 3.30. The number of nitro benzene ring substituents is 2. The van der Waals surface area contributed by atoms with Gasteiger partial charge in [-0.15, -0.1) is 5.10 Å². The number of hydrogen-bond donors (Lipinski definition) is 1. The smallest absolute Gasteiger partial charge is 0.289 e. The Morgan fingerprint density at radius 1 is 1.15 bits per heavy atom. The highest BCUT2D eigenvalue weighted by atomic mass is 32.1. The van der Waals surface area contributed by atoms with Crippen LogP contribution < -0.4 is 10.2 Å². The molecule has 1 heterocycles.